The van der Waals surface area contributed by atoms with E-state index >= 15 is 0 Å². The molecule has 150 valence electrons. The Balaban J connectivity index is 1.55. The number of hydrogen-bond acceptors (Lipinski definition) is 6. The maximum absolute atomic E-state index is 12.1. The van der Waals surface area contributed by atoms with Crippen LogP contribution in [0, 0.1) is 0 Å². The molecular formula is C21H24N6OS. The Kier molecular flexibility index (Phi) is 7.02. The number of nitrogens with one attached hydrogen (secondary N) is 1. The molecule has 2 aromatic carbocycles. The summed E-state index contributed by atoms with van der Waals surface area (Å²) in [4.78, 5) is 14.1. The van der Waals surface area contributed by atoms with Crippen molar-refractivity contribution in [3.63, 3.8) is 0 Å². The van der Waals surface area contributed by atoms with Crippen LogP contribution in [0.5, 0.6) is 0 Å². The van der Waals surface area contributed by atoms with Crippen molar-refractivity contribution in [3.8, 4) is 11.4 Å². The third-order valence-electron chi connectivity index (χ3n) is 4.21. The molecule has 0 radical (unpaired) electrons. The average molecular weight is 409 g/mol. The lowest BCUT2D eigenvalue weighted by Crippen LogP contribution is -2.20. The van der Waals surface area contributed by atoms with Crippen LogP contribution in [0.2, 0.25) is 0 Å². The van der Waals surface area contributed by atoms with E-state index in [1.807, 2.05) is 85.1 Å². The van der Waals surface area contributed by atoms with Gasteiger partial charge in [-0.1, -0.05) is 54.2 Å². The first kappa shape index (κ1) is 20.6. The number of aromatic nitrogens is 3. The molecule has 8 heteroatoms. The van der Waals surface area contributed by atoms with Crippen LogP contribution in [0.4, 0.5) is 5.69 Å². The van der Waals surface area contributed by atoms with Gasteiger partial charge in [-0.05, 0) is 24.6 Å². The summed E-state index contributed by atoms with van der Waals surface area (Å²) in [5.41, 5.74) is 5.59. The number of hydrogen-bond donors (Lipinski definition) is 1. The summed E-state index contributed by atoms with van der Waals surface area (Å²) in [6.07, 6.45) is 1.63. The fourth-order valence-electron chi connectivity index (χ4n) is 2.68. The molecule has 0 saturated heterocycles. The van der Waals surface area contributed by atoms with Crippen LogP contribution in [0.1, 0.15) is 12.5 Å². The van der Waals surface area contributed by atoms with Crippen molar-refractivity contribution < 1.29 is 4.79 Å². The van der Waals surface area contributed by atoms with E-state index in [1.165, 1.54) is 11.8 Å². The summed E-state index contributed by atoms with van der Waals surface area (Å²) < 4.78 is 2.00. The number of rotatable bonds is 8. The molecule has 0 aliphatic carbocycles. The summed E-state index contributed by atoms with van der Waals surface area (Å²) in [5, 5.41) is 13.3. The number of nitrogens with zero attached hydrogens (tertiary/aromatic N) is 5. The molecule has 0 spiro atoms. The van der Waals surface area contributed by atoms with Crippen LogP contribution in [-0.2, 0) is 11.3 Å². The van der Waals surface area contributed by atoms with E-state index in [2.05, 4.69) is 20.7 Å². The Morgan fingerprint density at radius 1 is 1.14 bits per heavy atom. The van der Waals surface area contributed by atoms with Gasteiger partial charge in [-0.15, -0.1) is 10.2 Å². The minimum atomic E-state index is -0.192. The predicted molar refractivity (Wildman–Crippen MR) is 118 cm³/mol. The zero-order chi connectivity index (χ0) is 20.6. The molecule has 1 amide bonds. The van der Waals surface area contributed by atoms with E-state index in [4.69, 9.17) is 0 Å². The smallest absolute Gasteiger partial charge is 0.250 e. The molecule has 29 heavy (non-hydrogen) atoms. The van der Waals surface area contributed by atoms with Crippen LogP contribution in [-0.4, -0.2) is 46.7 Å². The second-order valence-corrected chi connectivity index (χ2v) is 7.43. The van der Waals surface area contributed by atoms with Gasteiger partial charge in [0.25, 0.3) is 5.91 Å². The van der Waals surface area contributed by atoms with Crippen molar-refractivity contribution in [2.75, 3.05) is 24.7 Å². The van der Waals surface area contributed by atoms with Gasteiger partial charge in [0.05, 0.1) is 12.0 Å². The maximum Gasteiger partial charge on any atom is 0.250 e. The molecule has 0 aliphatic rings. The fourth-order valence-corrected chi connectivity index (χ4v) is 3.48. The minimum Gasteiger partial charge on any atom is -0.378 e. The highest BCUT2D eigenvalue weighted by molar-refractivity contribution is 7.99. The SMILES string of the molecule is CCn1c(SCC(=O)NN=Cc2ccc(N(C)C)cc2)nnc1-c1ccccc1. The van der Waals surface area contributed by atoms with Crippen molar-refractivity contribution in [3.05, 3.63) is 60.2 Å². The first-order chi connectivity index (χ1) is 14.1. The molecule has 1 heterocycles. The second-order valence-electron chi connectivity index (χ2n) is 6.48. The van der Waals surface area contributed by atoms with E-state index in [9.17, 15) is 4.79 Å². The Bertz CT molecular complexity index is 967. The van der Waals surface area contributed by atoms with Gasteiger partial charge >= 0.3 is 0 Å². The summed E-state index contributed by atoms with van der Waals surface area (Å²) >= 11 is 1.34. The van der Waals surface area contributed by atoms with Crippen LogP contribution < -0.4 is 10.3 Å². The second kappa shape index (κ2) is 9.88. The van der Waals surface area contributed by atoms with Gasteiger partial charge in [-0.25, -0.2) is 5.43 Å². The van der Waals surface area contributed by atoms with Gasteiger partial charge < -0.3 is 9.47 Å². The molecule has 0 atom stereocenters. The van der Waals surface area contributed by atoms with E-state index in [-0.39, 0.29) is 11.7 Å². The standard InChI is InChI=1S/C21H24N6OS/c1-4-27-20(17-8-6-5-7-9-17)24-25-21(27)29-15-19(28)23-22-14-16-10-12-18(13-11-16)26(2)3/h5-14H,4,15H2,1-3H3,(H,23,28). The number of hydrazone groups is 1. The van der Waals surface area contributed by atoms with Gasteiger partial charge in [-0.3, -0.25) is 4.79 Å². The molecular weight excluding hydrogens is 384 g/mol. The molecule has 0 aliphatic heterocycles. The summed E-state index contributed by atoms with van der Waals surface area (Å²) in [6, 6.07) is 17.8. The van der Waals surface area contributed by atoms with Crippen molar-refractivity contribution in [2.24, 2.45) is 5.10 Å². The molecule has 0 bridgehead atoms. The van der Waals surface area contributed by atoms with Crippen molar-refractivity contribution in [2.45, 2.75) is 18.6 Å². The zero-order valence-electron chi connectivity index (χ0n) is 16.7. The lowest BCUT2D eigenvalue weighted by molar-refractivity contribution is -0.118. The highest BCUT2D eigenvalue weighted by Gasteiger charge is 2.14. The molecule has 3 aromatic rings. The minimum absolute atomic E-state index is 0.192. The van der Waals surface area contributed by atoms with Crippen LogP contribution in [0.25, 0.3) is 11.4 Å². The molecule has 7 nitrogen and oxygen atoms in total. The number of benzene rings is 2. The van der Waals surface area contributed by atoms with Crippen molar-refractivity contribution in [1.29, 1.82) is 0 Å². The molecule has 0 saturated carbocycles. The zero-order valence-corrected chi connectivity index (χ0v) is 17.6. The Hall–Kier alpha value is -3.13. The summed E-state index contributed by atoms with van der Waals surface area (Å²) in [7, 11) is 3.98. The van der Waals surface area contributed by atoms with Crippen molar-refractivity contribution in [1.82, 2.24) is 20.2 Å². The number of anilines is 1. The van der Waals surface area contributed by atoms with Gasteiger partial charge in [-0.2, -0.15) is 5.10 Å². The lowest BCUT2D eigenvalue weighted by Gasteiger charge is -2.11. The van der Waals surface area contributed by atoms with Crippen LogP contribution >= 0.6 is 11.8 Å². The van der Waals surface area contributed by atoms with Crippen LogP contribution in [0.3, 0.4) is 0 Å². The lowest BCUT2D eigenvalue weighted by atomic mass is 10.2. The molecule has 1 N–H and O–H groups in total. The number of thioether (sulfide) groups is 1. The Morgan fingerprint density at radius 3 is 2.52 bits per heavy atom. The summed E-state index contributed by atoms with van der Waals surface area (Å²) in [6.45, 7) is 2.76. The van der Waals surface area contributed by atoms with Gasteiger partial charge in [0.2, 0.25) is 0 Å². The van der Waals surface area contributed by atoms with Gasteiger partial charge in [0.1, 0.15) is 0 Å². The topological polar surface area (TPSA) is 75.4 Å². The molecule has 1 aromatic heterocycles. The first-order valence-electron chi connectivity index (χ1n) is 9.29. The van der Waals surface area contributed by atoms with Crippen molar-refractivity contribution >= 4 is 29.6 Å². The molecule has 0 unspecified atom stereocenters. The fraction of sp³-hybridized carbons (Fsp3) is 0.238. The van der Waals surface area contributed by atoms with E-state index < -0.39 is 0 Å². The largest absolute Gasteiger partial charge is 0.378 e. The summed E-state index contributed by atoms with van der Waals surface area (Å²) in [5.74, 6) is 0.822. The van der Waals surface area contributed by atoms with Gasteiger partial charge in [0.15, 0.2) is 11.0 Å². The number of carbonyl (C=O) groups is 1. The monoisotopic (exact) mass is 408 g/mol. The quantitative estimate of drug-likeness (QED) is 0.352. The Morgan fingerprint density at radius 2 is 1.86 bits per heavy atom. The van der Waals surface area contributed by atoms with E-state index in [0.29, 0.717) is 5.16 Å². The first-order valence-corrected chi connectivity index (χ1v) is 10.3. The van der Waals surface area contributed by atoms with E-state index in [1.54, 1.807) is 6.21 Å². The predicted octanol–water partition coefficient (Wildman–Crippen LogP) is 3.27. The highest BCUT2D eigenvalue weighted by atomic mass is 32.2. The highest BCUT2D eigenvalue weighted by Crippen LogP contribution is 2.23. The third kappa shape index (κ3) is 5.45. The average Bonchev–Trinajstić information content (AvgIpc) is 3.16. The third-order valence-corrected chi connectivity index (χ3v) is 5.18. The normalized spacial score (nSPS) is 11.0. The van der Waals surface area contributed by atoms with Gasteiger partial charge in [0, 0.05) is 31.9 Å². The van der Waals surface area contributed by atoms with E-state index in [0.717, 1.165) is 29.2 Å². The maximum atomic E-state index is 12.1. The molecule has 0 fully saturated rings. The number of carbonyl (C=O) groups excluding carboxylic acids is 1. The Labute approximate surface area is 174 Å². The van der Waals surface area contributed by atoms with Crippen LogP contribution in [0.15, 0.2) is 64.9 Å². The number of amides is 1. The molecule has 3 rings (SSSR count).